The fraction of sp³-hybridized carbons (Fsp3) is 0.250. The maximum atomic E-state index is 12.7. The van der Waals surface area contributed by atoms with Gasteiger partial charge < -0.3 is 19.8 Å². The van der Waals surface area contributed by atoms with Crippen molar-refractivity contribution in [1.82, 2.24) is 9.88 Å². The van der Waals surface area contributed by atoms with Crippen LogP contribution in [0, 0.1) is 17.0 Å². The highest BCUT2D eigenvalue weighted by Gasteiger charge is 2.23. The number of carboxylic acid groups (broad SMARTS) is 1. The van der Waals surface area contributed by atoms with Gasteiger partial charge in [0.1, 0.15) is 6.04 Å². The van der Waals surface area contributed by atoms with Crippen molar-refractivity contribution in [2.24, 2.45) is 0 Å². The summed E-state index contributed by atoms with van der Waals surface area (Å²) in [6, 6.07) is 16.2. The number of aromatic nitrogens is 1. The number of nitrogens with one attached hydrogen (secondary N) is 1. The third-order valence-corrected chi connectivity index (χ3v) is 6.66. The van der Waals surface area contributed by atoms with Crippen LogP contribution in [-0.4, -0.2) is 54.0 Å². The Morgan fingerprint density at radius 1 is 1.14 bits per heavy atom. The van der Waals surface area contributed by atoms with Crippen molar-refractivity contribution in [3.8, 4) is 16.9 Å². The van der Waals surface area contributed by atoms with Gasteiger partial charge in [-0.2, -0.15) is 0 Å². The molecule has 0 aliphatic rings. The molecule has 1 unspecified atom stereocenters. The van der Waals surface area contributed by atoms with E-state index in [9.17, 15) is 33.2 Å². The zero-order chi connectivity index (χ0) is 26.5. The number of aliphatic carboxylic acids is 1. The largest absolute Gasteiger partial charge is 0.480 e. The van der Waals surface area contributed by atoms with Crippen LogP contribution in [0.25, 0.3) is 16.9 Å². The third kappa shape index (κ3) is 6.48. The maximum absolute atomic E-state index is 12.7. The molecule has 36 heavy (non-hydrogen) atoms. The molecule has 11 nitrogen and oxygen atoms in total. The highest BCUT2D eigenvalue weighted by Crippen LogP contribution is 2.30. The van der Waals surface area contributed by atoms with Crippen molar-refractivity contribution < 1.29 is 33.0 Å². The van der Waals surface area contributed by atoms with Crippen molar-refractivity contribution in [3.63, 3.8) is 0 Å². The summed E-state index contributed by atoms with van der Waals surface area (Å²) in [4.78, 5) is 38.8. The van der Waals surface area contributed by atoms with Gasteiger partial charge in [0.05, 0.1) is 23.6 Å². The summed E-state index contributed by atoms with van der Waals surface area (Å²) in [6.07, 6.45) is 0.716. The monoisotopic (exact) mass is 515 g/mol. The minimum atomic E-state index is -3.37. The van der Waals surface area contributed by atoms with E-state index in [-0.39, 0.29) is 17.7 Å². The third-order valence-electron chi connectivity index (χ3n) is 5.53. The first-order valence-corrected chi connectivity index (χ1v) is 12.7. The summed E-state index contributed by atoms with van der Waals surface area (Å²) in [5.74, 6) is -1.91. The van der Waals surface area contributed by atoms with Gasteiger partial charge in [0.2, 0.25) is 5.91 Å². The van der Waals surface area contributed by atoms with Gasteiger partial charge in [-0.25, -0.2) is 13.2 Å². The zero-order valence-corrected chi connectivity index (χ0v) is 20.4. The van der Waals surface area contributed by atoms with Crippen molar-refractivity contribution >= 4 is 21.7 Å². The second-order valence-corrected chi connectivity index (χ2v) is 10.1. The molecule has 1 atom stereocenters. The molecule has 0 bridgehead atoms. The molecule has 0 spiro atoms. The van der Waals surface area contributed by atoms with Crippen molar-refractivity contribution in [2.75, 3.05) is 12.9 Å². The molecule has 1 amide bonds. The first-order chi connectivity index (χ1) is 17.0. The number of amides is 1. The molecule has 3 aromatic rings. The molecular formula is C24H25N3O8S. The van der Waals surface area contributed by atoms with E-state index in [1.54, 1.807) is 18.2 Å². The SMILES string of the molecule is Cc1c(CC(=O)NC(CCO[N+](=O)[O-])C(=O)O)cc(-c2ccc(S(C)(=O)=O)cc2)n1-c1ccccc1. The number of hydrogen-bond donors (Lipinski definition) is 2. The molecule has 0 aliphatic heterocycles. The second kappa shape index (κ2) is 11.0. The summed E-state index contributed by atoms with van der Waals surface area (Å²) in [5.41, 5.74) is 3.63. The van der Waals surface area contributed by atoms with E-state index in [1.807, 2.05) is 41.8 Å². The van der Waals surface area contributed by atoms with E-state index in [2.05, 4.69) is 10.2 Å². The van der Waals surface area contributed by atoms with Gasteiger partial charge in [-0.1, -0.05) is 30.3 Å². The van der Waals surface area contributed by atoms with Gasteiger partial charge in [-0.15, -0.1) is 10.1 Å². The molecule has 2 aromatic carbocycles. The summed E-state index contributed by atoms with van der Waals surface area (Å²) in [5, 5.41) is 21.0. The molecule has 1 aromatic heterocycles. The van der Waals surface area contributed by atoms with Crippen LogP contribution in [0.3, 0.4) is 0 Å². The molecule has 12 heteroatoms. The summed E-state index contributed by atoms with van der Waals surface area (Å²) in [7, 11) is -3.37. The molecular weight excluding hydrogens is 490 g/mol. The zero-order valence-electron chi connectivity index (χ0n) is 19.6. The molecule has 0 saturated carbocycles. The first kappa shape index (κ1) is 26.4. The first-order valence-electron chi connectivity index (χ1n) is 10.8. The normalized spacial score (nSPS) is 12.1. The topological polar surface area (TPSA) is 158 Å². The fourth-order valence-electron chi connectivity index (χ4n) is 3.75. The van der Waals surface area contributed by atoms with Gasteiger partial charge in [0.15, 0.2) is 9.84 Å². The van der Waals surface area contributed by atoms with Crippen LogP contribution in [0.4, 0.5) is 0 Å². The predicted octanol–water partition coefficient (Wildman–Crippen LogP) is 2.57. The number of hydrogen-bond acceptors (Lipinski definition) is 7. The number of benzene rings is 2. The van der Waals surface area contributed by atoms with Crippen LogP contribution >= 0.6 is 0 Å². The molecule has 2 N–H and O–H groups in total. The average Bonchev–Trinajstić information content (AvgIpc) is 3.14. The van der Waals surface area contributed by atoms with E-state index in [0.717, 1.165) is 28.9 Å². The number of rotatable bonds is 11. The van der Waals surface area contributed by atoms with Crippen molar-refractivity contribution in [3.05, 3.63) is 82.0 Å². The Kier molecular flexibility index (Phi) is 8.10. The lowest BCUT2D eigenvalue weighted by atomic mass is 10.1. The smallest absolute Gasteiger partial charge is 0.326 e. The Morgan fingerprint density at radius 3 is 2.33 bits per heavy atom. The number of para-hydroxylation sites is 1. The van der Waals surface area contributed by atoms with E-state index >= 15 is 0 Å². The van der Waals surface area contributed by atoms with Gasteiger partial charge in [0, 0.05) is 24.1 Å². The van der Waals surface area contributed by atoms with Crippen molar-refractivity contribution in [1.29, 1.82) is 0 Å². The number of carbonyl (C=O) groups excluding carboxylic acids is 1. The minimum absolute atomic E-state index is 0.139. The Hall–Kier alpha value is -4.19. The number of sulfone groups is 1. The highest BCUT2D eigenvalue weighted by atomic mass is 32.2. The number of carboxylic acids is 1. The van der Waals surface area contributed by atoms with Crippen LogP contribution in [0.5, 0.6) is 0 Å². The quantitative estimate of drug-likeness (QED) is 0.291. The lowest BCUT2D eigenvalue weighted by Gasteiger charge is -2.14. The van der Waals surface area contributed by atoms with E-state index in [1.165, 1.54) is 12.1 Å². The van der Waals surface area contributed by atoms with Crippen LogP contribution in [-0.2, 0) is 30.7 Å². The lowest BCUT2D eigenvalue weighted by Crippen LogP contribution is -2.42. The van der Waals surface area contributed by atoms with Crippen LogP contribution in [0.2, 0.25) is 0 Å². The molecule has 3 rings (SSSR count). The van der Waals surface area contributed by atoms with Gasteiger partial charge >= 0.3 is 5.97 Å². The summed E-state index contributed by atoms with van der Waals surface area (Å²) in [6.45, 7) is 1.35. The molecule has 0 aliphatic carbocycles. The van der Waals surface area contributed by atoms with Crippen LogP contribution in [0.1, 0.15) is 17.7 Å². The number of carbonyl (C=O) groups is 2. The summed E-state index contributed by atoms with van der Waals surface area (Å²) >= 11 is 0. The highest BCUT2D eigenvalue weighted by molar-refractivity contribution is 7.90. The van der Waals surface area contributed by atoms with Gasteiger partial charge in [-0.3, -0.25) is 4.79 Å². The standard InChI is InChI=1S/C24H25N3O8S/c1-16-18(15-23(28)25-21(24(29)30)12-13-35-27(31)32)14-22(26(16)19-6-4-3-5-7-19)17-8-10-20(11-9-17)36(2,33)34/h3-11,14,21H,12-13,15H2,1-2H3,(H,25,28)(H,29,30). The molecule has 0 radical (unpaired) electrons. The number of nitrogens with zero attached hydrogens (tertiary/aromatic N) is 2. The van der Waals surface area contributed by atoms with Gasteiger partial charge in [-0.05, 0) is 48.4 Å². The second-order valence-electron chi connectivity index (χ2n) is 8.09. The minimum Gasteiger partial charge on any atom is -0.480 e. The summed E-state index contributed by atoms with van der Waals surface area (Å²) < 4.78 is 25.6. The predicted molar refractivity (Wildman–Crippen MR) is 130 cm³/mol. The Bertz CT molecular complexity index is 1370. The molecule has 190 valence electrons. The van der Waals surface area contributed by atoms with Crippen LogP contribution in [0.15, 0.2) is 65.6 Å². The van der Waals surface area contributed by atoms with E-state index < -0.39 is 39.4 Å². The van der Waals surface area contributed by atoms with E-state index in [0.29, 0.717) is 5.56 Å². The average molecular weight is 516 g/mol. The van der Waals surface area contributed by atoms with E-state index in [4.69, 9.17) is 0 Å². The van der Waals surface area contributed by atoms with Crippen molar-refractivity contribution in [2.45, 2.75) is 30.7 Å². The Balaban J connectivity index is 1.92. The molecule has 0 saturated heterocycles. The van der Waals surface area contributed by atoms with Crippen LogP contribution < -0.4 is 5.32 Å². The lowest BCUT2D eigenvalue weighted by molar-refractivity contribution is -0.757. The van der Waals surface area contributed by atoms with Gasteiger partial charge in [0.25, 0.3) is 5.09 Å². The molecule has 1 heterocycles. The Labute approximate surface area is 207 Å². The maximum Gasteiger partial charge on any atom is 0.326 e. The Morgan fingerprint density at radius 2 is 1.78 bits per heavy atom. The fourth-order valence-corrected chi connectivity index (χ4v) is 4.38. The molecule has 0 fully saturated rings.